The number of amides is 2. The third-order valence-corrected chi connectivity index (χ3v) is 3.78. The zero-order chi connectivity index (χ0) is 18.4. The Labute approximate surface area is 150 Å². The lowest BCUT2D eigenvalue weighted by Gasteiger charge is -2.08. The molecular weight excluding hydrogens is 401 g/mol. The average molecular weight is 415 g/mol. The van der Waals surface area contributed by atoms with Gasteiger partial charge in [0.2, 0.25) is 11.8 Å². The maximum Gasteiger partial charge on any atom is 0.243 e. The molecule has 0 fully saturated rings. The standard InChI is InChI=1S/C17H14BrF3N2O2/c18-11-3-1-10(14(20)7-11)2-6-16(24)22-9-17(25)23-12-4-5-13(19)15(21)8-12/h1,3-5,7-8H,2,6,9H2,(H,22,24)(H,23,25). The van der Waals surface area contributed by atoms with Gasteiger partial charge in [-0.2, -0.15) is 0 Å². The molecule has 0 saturated carbocycles. The van der Waals surface area contributed by atoms with Crippen LogP contribution in [0, 0.1) is 17.5 Å². The molecular formula is C17H14BrF3N2O2. The second-order valence-corrected chi connectivity index (χ2v) is 6.11. The number of carbonyl (C=O) groups is 2. The van der Waals surface area contributed by atoms with Crippen LogP contribution in [0.4, 0.5) is 18.9 Å². The summed E-state index contributed by atoms with van der Waals surface area (Å²) in [6.45, 7) is -0.333. The van der Waals surface area contributed by atoms with Gasteiger partial charge in [0.15, 0.2) is 11.6 Å². The van der Waals surface area contributed by atoms with E-state index in [1.807, 2.05) is 0 Å². The van der Waals surface area contributed by atoms with Crippen molar-refractivity contribution in [1.82, 2.24) is 5.32 Å². The van der Waals surface area contributed by atoms with Crippen molar-refractivity contribution in [2.75, 3.05) is 11.9 Å². The molecule has 4 nitrogen and oxygen atoms in total. The van der Waals surface area contributed by atoms with Gasteiger partial charge in [0.1, 0.15) is 5.82 Å². The Bertz CT molecular complexity index is 799. The van der Waals surface area contributed by atoms with Gasteiger partial charge in [-0.1, -0.05) is 22.0 Å². The molecule has 8 heteroatoms. The number of aryl methyl sites for hydroxylation is 1. The van der Waals surface area contributed by atoms with Crippen LogP contribution in [0.25, 0.3) is 0 Å². The van der Waals surface area contributed by atoms with Gasteiger partial charge in [-0.15, -0.1) is 0 Å². The number of anilines is 1. The fourth-order valence-corrected chi connectivity index (χ4v) is 2.35. The average Bonchev–Trinajstić information content (AvgIpc) is 2.55. The molecule has 25 heavy (non-hydrogen) atoms. The number of hydrogen-bond donors (Lipinski definition) is 2. The van der Waals surface area contributed by atoms with Crippen molar-refractivity contribution in [3.63, 3.8) is 0 Å². The molecule has 0 aromatic heterocycles. The molecule has 0 aliphatic carbocycles. The van der Waals surface area contributed by atoms with E-state index in [9.17, 15) is 22.8 Å². The van der Waals surface area contributed by atoms with Crippen LogP contribution in [-0.2, 0) is 16.0 Å². The van der Waals surface area contributed by atoms with E-state index in [2.05, 4.69) is 26.6 Å². The fourth-order valence-electron chi connectivity index (χ4n) is 2.02. The van der Waals surface area contributed by atoms with Crippen molar-refractivity contribution < 1.29 is 22.8 Å². The Balaban J connectivity index is 1.77. The van der Waals surface area contributed by atoms with Crippen molar-refractivity contribution in [2.24, 2.45) is 0 Å². The van der Waals surface area contributed by atoms with Crippen molar-refractivity contribution in [1.29, 1.82) is 0 Å². The second kappa shape index (κ2) is 8.66. The van der Waals surface area contributed by atoms with E-state index in [-0.39, 0.29) is 25.1 Å². The van der Waals surface area contributed by atoms with Crippen LogP contribution < -0.4 is 10.6 Å². The quantitative estimate of drug-likeness (QED) is 0.759. The molecule has 2 aromatic carbocycles. The van der Waals surface area contributed by atoms with E-state index in [1.54, 1.807) is 12.1 Å². The zero-order valence-corrected chi connectivity index (χ0v) is 14.5. The highest BCUT2D eigenvalue weighted by Crippen LogP contribution is 2.16. The number of carbonyl (C=O) groups excluding carboxylic acids is 2. The largest absolute Gasteiger partial charge is 0.347 e. The number of benzene rings is 2. The maximum atomic E-state index is 13.6. The Morgan fingerprint density at radius 3 is 2.36 bits per heavy atom. The summed E-state index contributed by atoms with van der Waals surface area (Å²) in [5.41, 5.74) is 0.472. The van der Waals surface area contributed by atoms with Gasteiger partial charge in [0.05, 0.1) is 6.54 Å². The summed E-state index contributed by atoms with van der Waals surface area (Å²) in [5.74, 6) is -3.54. The van der Waals surface area contributed by atoms with Gasteiger partial charge in [0.25, 0.3) is 0 Å². The maximum absolute atomic E-state index is 13.6. The van der Waals surface area contributed by atoms with E-state index in [1.165, 1.54) is 12.1 Å². The number of rotatable bonds is 6. The lowest BCUT2D eigenvalue weighted by molar-refractivity contribution is -0.124. The predicted octanol–water partition coefficient (Wildman–Crippen LogP) is 3.55. The number of nitrogens with one attached hydrogen (secondary N) is 2. The number of hydrogen-bond acceptors (Lipinski definition) is 2. The molecule has 0 aliphatic rings. The fraction of sp³-hybridized carbons (Fsp3) is 0.176. The molecule has 0 saturated heterocycles. The number of halogens is 4. The lowest BCUT2D eigenvalue weighted by Crippen LogP contribution is -2.33. The van der Waals surface area contributed by atoms with Gasteiger partial charge in [-0.05, 0) is 36.2 Å². The Morgan fingerprint density at radius 1 is 0.920 bits per heavy atom. The van der Waals surface area contributed by atoms with Crippen LogP contribution in [0.2, 0.25) is 0 Å². The van der Waals surface area contributed by atoms with Crippen LogP contribution >= 0.6 is 15.9 Å². The first-order valence-corrected chi connectivity index (χ1v) is 8.10. The minimum Gasteiger partial charge on any atom is -0.347 e. The van der Waals surface area contributed by atoms with E-state index in [0.717, 1.165) is 12.1 Å². The van der Waals surface area contributed by atoms with Crippen molar-refractivity contribution >= 4 is 33.4 Å². The Kier molecular flexibility index (Phi) is 6.58. The van der Waals surface area contributed by atoms with Gasteiger partial charge in [-0.25, -0.2) is 13.2 Å². The minimum absolute atomic E-state index is 0.0109. The van der Waals surface area contributed by atoms with E-state index >= 15 is 0 Å². The smallest absolute Gasteiger partial charge is 0.243 e. The van der Waals surface area contributed by atoms with Crippen LogP contribution in [0.3, 0.4) is 0 Å². The van der Waals surface area contributed by atoms with Crippen molar-refractivity contribution in [3.05, 3.63) is 63.9 Å². The third-order valence-electron chi connectivity index (χ3n) is 3.29. The molecule has 0 aliphatic heterocycles. The Morgan fingerprint density at radius 2 is 1.68 bits per heavy atom. The van der Waals surface area contributed by atoms with E-state index < -0.39 is 29.3 Å². The highest BCUT2D eigenvalue weighted by molar-refractivity contribution is 9.10. The summed E-state index contributed by atoms with van der Waals surface area (Å²) in [6.07, 6.45) is 0.201. The summed E-state index contributed by atoms with van der Waals surface area (Å²) in [7, 11) is 0. The summed E-state index contributed by atoms with van der Waals surface area (Å²) in [6, 6.07) is 7.48. The zero-order valence-electron chi connectivity index (χ0n) is 12.9. The van der Waals surface area contributed by atoms with Gasteiger partial charge in [-0.3, -0.25) is 9.59 Å². The molecule has 0 radical (unpaired) electrons. The summed E-state index contributed by atoms with van der Waals surface area (Å²) in [4.78, 5) is 23.4. The molecule has 2 rings (SSSR count). The van der Waals surface area contributed by atoms with E-state index in [0.29, 0.717) is 10.0 Å². The molecule has 132 valence electrons. The Hall–Kier alpha value is -2.35. The topological polar surface area (TPSA) is 58.2 Å². The lowest BCUT2D eigenvalue weighted by atomic mass is 10.1. The minimum atomic E-state index is -1.08. The normalized spacial score (nSPS) is 10.4. The van der Waals surface area contributed by atoms with Gasteiger partial charge < -0.3 is 10.6 Å². The van der Waals surface area contributed by atoms with E-state index in [4.69, 9.17) is 0 Å². The molecule has 0 bridgehead atoms. The summed E-state index contributed by atoms with van der Waals surface area (Å²) < 4.78 is 40.1. The molecule has 0 heterocycles. The van der Waals surface area contributed by atoms with Crippen LogP contribution in [0.1, 0.15) is 12.0 Å². The first-order chi connectivity index (χ1) is 11.8. The highest BCUT2D eigenvalue weighted by atomic mass is 79.9. The molecule has 0 atom stereocenters. The third kappa shape index (κ3) is 5.90. The van der Waals surface area contributed by atoms with Gasteiger partial charge in [0, 0.05) is 22.6 Å². The van der Waals surface area contributed by atoms with Crippen LogP contribution in [0.15, 0.2) is 40.9 Å². The summed E-state index contributed by atoms with van der Waals surface area (Å²) >= 11 is 3.14. The molecule has 0 unspecified atom stereocenters. The summed E-state index contributed by atoms with van der Waals surface area (Å²) in [5, 5.41) is 4.71. The van der Waals surface area contributed by atoms with Crippen molar-refractivity contribution in [3.8, 4) is 0 Å². The first kappa shape index (κ1) is 19.0. The van der Waals surface area contributed by atoms with Crippen molar-refractivity contribution in [2.45, 2.75) is 12.8 Å². The predicted molar refractivity (Wildman–Crippen MR) is 90.4 cm³/mol. The first-order valence-electron chi connectivity index (χ1n) is 7.30. The van der Waals surface area contributed by atoms with Crippen LogP contribution in [-0.4, -0.2) is 18.4 Å². The molecule has 2 aromatic rings. The second-order valence-electron chi connectivity index (χ2n) is 5.19. The monoisotopic (exact) mass is 414 g/mol. The highest BCUT2D eigenvalue weighted by Gasteiger charge is 2.10. The SMILES string of the molecule is O=C(CCc1ccc(Br)cc1F)NCC(=O)Nc1ccc(F)c(F)c1. The van der Waals surface area contributed by atoms with Crippen LogP contribution in [0.5, 0.6) is 0 Å². The molecule has 2 amide bonds. The molecule has 2 N–H and O–H groups in total. The van der Waals surface area contributed by atoms with Gasteiger partial charge >= 0.3 is 0 Å². The molecule has 0 spiro atoms.